The minimum absolute atomic E-state index is 0.581. The van der Waals surface area contributed by atoms with Crippen molar-refractivity contribution < 1.29 is 0 Å². The monoisotopic (exact) mass is 305 g/mol. The highest BCUT2D eigenvalue weighted by atomic mass is 15.1. The summed E-state index contributed by atoms with van der Waals surface area (Å²) in [4.78, 5) is 2.46. The number of hydrogen-bond donors (Lipinski definition) is 0. The molecular formula is C22H27N. The van der Waals surface area contributed by atoms with Gasteiger partial charge in [-0.15, -0.1) is 0 Å². The Hall–Kier alpha value is -2.02. The number of hydrogen-bond acceptors (Lipinski definition) is 1. The molecule has 0 unspecified atom stereocenters. The van der Waals surface area contributed by atoms with Gasteiger partial charge in [-0.05, 0) is 55.4 Å². The molecule has 0 aliphatic heterocycles. The second-order valence-electron chi connectivity index (χ2n) is 6.73. The van der Waals surface area contributed by atoms with Gasteiger partial charge in [0.1, 0.15) is 0 Å². The van der Waals surface area contributed by atoms with Crippen molar-refractivity contribution >= 4 is 5.69 Å². The van der Waals surface area contributed by atoms with Gasteiger partial charge in [0.05, 0.1) is 0 Å². The molecule has 2 aliphatic carbocycles. The number of anilines is 1. The van der Waals surface area contributed by atoms with E-state index in [2.05, 4.69) is 79.5 Å². The summed E-state index contributed by atoms with van der Waals surface area (Å²) in [7, 11) is 0. The molecule has 0 radical (unpaired) electrons. The van der Waals surface area contributed by atoms with E-state index < -0.39 is 0 Å². The zero-order valence-corrected chi connectivity index (χ0v) is 14.3. The van der Waals surface area contributed by atoms with Crippen molar-refractivity contribution in [2.24, 2.45) is 0 Å². The molecule has 0 amide bonds. The molecule has 0 heterocycles. The van der Waals surface area contributed by atoms with Crippen LogP contribution in [0.25, 0.3) is 0 Å². The quantitative estimate of drug-likeness (QED) is 0.632. The molecule has 2 aliphatic rings. The zero-order valence-electron chi connectivity index (χ0n) is 14.3. The van der Waals surface area contributed by atoms with Crippen molar-refractivity contribution in [1.29, 1.82) is 0 Å². The van der Waals surface area contributed by atoms with Gasteiger partial charge in [-0.1, -0.05) is 61.9 Å². The molecule has 0 fully saturated rings. The van der Waals surface area contributed by atoms with Gasteiger partial charge in [0, 0.05) is 17.9 Å². The standard InChI is InChI=1S/C22H27N/c1-18(2)20-13-15-22(16-14-20)23(21-11-7-4-8-12-21)17-19-9-5-3-6-10-19/h3,5,7,9,11-16,18H,4,6,8,10,17H2,1-2H3. The Bertz CT molecular complexity index is 641. The molecule has 1 nitrogen and oxygen atoms in total. The van der Waals surface area contributed by atoms with Crippen LogP contribution in [0.4, 0.5) is 5.69 Å². The molecule has 23 heavy (non-hydrogen) atoms. The third-order valence-corrected chi connectivity index (χ3v) is 4.62. The Morgan fingerprint density at radius 2 is 1.83 bits per heavy atom. The number of allylic oxidation sites excluding steroid dienone is 6. The predicted molar refractivity (Wildman–Crippen MR) is 101 cm³/mol. The minimum Gasteiger partial charge on any atom is -0.338 e. The highest BCUT2D eigenvalue weighted by Gasteiger charge is 2.14. The van der Waals surface area contributed by atoms with Crippen LogP contribution in [0.3, 0.4) is 0 Å². The normalized spacial score (nSPS) is 17.2. The number of benzene rings is 1. The van der Waals surface area contributed by atoms with Crippen molar-refractivity contribution in [1.82, 2.24) is 0 Å². The van der Waals surface area contributed by atoms with Crippen molar-refractivity contribution in [3.8, 4) is 0 Å². The second kappa shape index (κ2) is 7.50. The SMILES string of the molecule is CC(C)c1ccc(N(CC2=CC=CCC2)C2=CCCC=C2)cc1. The summed E-state index contributed by atoms with van der Waals surface area (Å²) in [6, 6.07) is 9.10. The maximum atomic E-state index is 2.46. The molecule has 0 saturated carbocycles. The smallest absolute Gasteiger partial charge is 0.0444 e. The van der Waals surface area contributed by atoms with Crippen LogP contribution in [-0.2, 0) is 0 Å². The summed E-state index contributed by atoms with van der Waals surface area (Å²) in [5.41, 5.74) is 5.55. The second-order valence-corrected chi connectivity index (χ2v) is 6.73. The molecule has 0 aromatic heterocycles. The van der Waals surface area contributed by atoms with E-state index in [0.29, 0.717) is 5.92 Å². The lowest BCUT2D eigenvalue weighted by atomic mass is 10.0. The summed E-state index contributed by atoms with van der Waals surface area (Å²) >= 11 is 0. The van der Waals surface area contributed by atoms with E-state index in [1.165, 1.54) is 35.4 Å². The van der Waals surface area contributed by atoms with Gasteiger partial charge in [0.2, 0.25) is 0 Å². The fourth-order valence-electron chi connectivity index (χ4n) is 3.16. The van der Waals surface area contributed by atoms with E-state index >= 15 is 0 Å². The Kier molecular flexibility index (Phi) is 5.17. The summed E-state index contributed by atoms with van der Waals surface area (Å²) in [6.45, 7) is 5.48. The number of nitrogens with zero attached hydrogens (tertiary/aromatic N) is 1. The minimum atomic E-state index is 0.581. The Morgan fingerprint density at radius 3 is 2.43 bits per heavy atom. The molecule has 0 bridgehead atoms. The first-order chi connectivity index (χ1) is 11.2. The van der Waals surface area contributed by atoms with Gasteiger partial charge in [0.25, 0.3) is 0 Å². The summed E-state index contributed by atoms with van der Waals surface area (Å²) in [5, 5.41) is 0. The maximum Gasteiger partial charge on any atom is 0.0444 e. The van der Waals surface area contributed by atoms with E-state index in [9.17, 15) is 0 Å². The van der Waals surface area contributed by atoms with Gasteiger partial charge in [-0.3, -0.25) is 0 Å². The summed E-state index contributed by atoms with van der Waals surface area (Å²) < 4.78 is 0. The Morgan fingerprint density at radius 1 is 1.00 bits per heavy atom. The van der Waals surface area contributed by atoms with Crippen molar-refractivity contribution in [3.05, 3.63) is 77.6 Å². The van der Waals surface area contributed by atoms with Crippen LogP contribution in [0.2, 0.25) is 0 Å². The largest absolute Gasteiger partial charge is 0.338 e. The third-order valence-electron chi connectivity index (χ3n) is 4.62. The average molecular weight is 305 g/mol. The van der Waals surface area contributed by atoms with Crippen LogP contribution in [-0.4, -0.2) is 6.54 Å². The predicted octanol–water partition coefficient (Wildman–Crippen LogP) is 6.13. The molecule has 0 saturated heterocycles. The molecule has 1 aromatic carbocycles. The Labute approximate surface area is 140 Å². The van der Waals surface area contributed by atoms with Gasteiger partial charge in [-0.2, -0.15) is 0 Å². The van der Waals surface area contributed by atoms with Crippen LogP contribution in [0, 0.1) is 0 Å². The summed E-state index contributed by atoms with van der Waals surface area (Å²) in [5.74, 6) is 0.581. The van der Waals surface area contributed by atoms with E-state index in [1.807, 2.05) is 0 Å². The van der Waals surface area contributed by atoms with Crippen molar-refractivity contribution in [2.45, 2.75) is 45.4 Å². The van der Waals surface area contributed by atoms with Crippen LogP contribution < -0.4 is 4.90 Å². The number of rotatable bonds is 5. The lowest BCUT2D eigenvalue weighted by molar-refractivity contribution is 0.857. The first-order valence-corrected chi connectivity index (χ1v) is 8.83. The average Bonchev–Trinajstić information content (AvgIpc) is 2.61. The topological polar surface area (TPSA) is 3.24 Å². The molecule has 0 N–H and O–H groups in total. The zero-order chi connectivity index (χ0) is 16.1. The molecule has 120 valence electrons. The molecule has 0 atom stereocenters. The van der Waals surface area contributed by atoms with E-state index in [4.69, 9.17) is 0 Å². The van der Waals surface area contributed by atoms with Crippen LogP contribution in [0.1, 0.15) is 51.0 Å². The van der Waals surface area contributed by atoms with Crippen LogP contribution in [0.5, 0.6) is 0 Å². The van der Waals surface area contributed by atoms with E-state index in [1.54, 1.807) is 0 Å². The molecule has 0 spiro atoms. The molecule has 1 heteroatoms. The fourth-order valence-corrected chi connectivity index (χ4v) is 3.16. The lowest BCUT2D eigenvalue weighted by Gasteiger charge is -2.29. The third kappa shape index (κ3) is 4.04. The van der Waals surface area contributed by atoms with Gasteiger partial charge in [0.15, 0.2) is 0 Å². The molecule has 1 aromatic rings. The van der Waals surface area contributed by atoms with Gasteiger partial charge >= 0.3 is 0 Å². The van der Waals surface area contributed by atoms with Crippen molar-refractivity contribution in [2.75, 3.05) is 11.4 Å². The van der Waals surface area contributed by atoms with Gasteiger partial charge < -0.3 is 4.90 Å². The maximum absolute atomic E-state index is 2.46. The highest BCUT2D eigenvalue weighted by molar-refractivity contribution is 5.57. The lowest BCUT2D eigenvalue weighted by Crippen LogP contribution is -2.25. The molecule has 3 rings (SSSR count). The van der Waals surface area contributed by atoms with Crippen LogP contribution >= 0.6 is 0 Å². The molecular weight excluding hydrogens is 278 g/mol. The van der Waals surface area contributed by atoms with E-state index in [0.717, 1.165) is 19.4 Å². The highest BCUT2D eigenvalue weighted by Crippen LogP contribution is 2.27. The summed E-state index contributed by atoms with van der Waals surface area (Å²) in [6.07, 6.45) is 18.3. The first kappa shape index (κ1) is 15.9. The van der Waals surface area contributed by atoms with E-state index in [-0.39, 0.29) is 0 Å². The fraction of sp³-hybridized carbons (Fsp3) is 0.364. The van der Waals surface area contributed by atoms with Crippen LogP contribution in [0.15, 0.2) is 72.0 Å². The Balaban J connectivity index is 1.87. The van der Waals surface area contributed by atoms with Gasteiger partial charge in [-0.25, -0.2) is 0 Å². The van der Waals surface area contributed by atoms with Crippen molar-refractivity contribution in [3.63, 3.8) is 0 Å². The first-order valence-electron chi connectivity index (χ1n) is 8.83.